The van der Waals surface area contributed by atoms with Crippen LogP contribution in [0, 0.1) is 5.82 Å². The third-order valence-electron chi connectivity index (χ3n) is 5.68. The van der Waals surface area contributed by atoms with Gasteiger partial charge in [-0.3, -0.25) is 4.72 Å². The summed E-state index contributed by atoms with van der Waals surface area (Å²) in [4.78, 5) is 12.7. The summed E-state index contributed by atoms with van der Waals surface area (Å²) in [5.74, 6) is -2.77. The number of sulfonamides is 1. The fourth-order valence-electron chi connectivity index (χ4n) is 4.17. The van der Waals surface area contributed by atoms with Crippen LogP contribution in [0.4, 0.5) is 10.1 Å². The minimum atomic E-state index is -4.14. The highest BCUT2D eigenvalue weighted by atomic mass is 32.2. The molecule has 1 saturated heterocycles. The Balaban J connectivity index is 1.96. The molecule has 2 aliphatic rings. The Hall–Kier alpha value is -2.05. The minimum Gasteiger partial charge on any atom is -0.463 e. The van der Waals surface area contributed by atoms with E-state index >= 15 is 0 Å². The number of esters is 1. The number of nitrogens with one attached hydrogen (secondary N) is 1. The van der Waals surface area contributed by atoms with Gasteiger partial charge in [0, 0.05) is 6.42 Å². The molecule has 1 aliphatic carbocycles. The van der Waals surface area contributed by atoms with E-state index in [4.69, 9.17) is 14.2 Å². The van der Waals surface area contributed by atoms with E-state index in [1.807, 2.05) is 6.92 Å². The maximum absolute atomic E-state index is 13.7. The number of hydrogen-bond acceptors (Lipinski definition) is 8. The molecule has 0 radical (unpaired) electrons. The number of carbonyl (C=O) groups excluding carboxylic acids is 1. The summed E-state index contributed by atoms with van der Waals surface area (Å²) in [7, 11) is -4.14. The Morgan fingerprint density at radius 2 is 1.91 bits per heavy atom. The van der Waals surface area contributed by atoms with E-state index in [1.165, 1.54) is 24.3 Å². The number of rotatable bonds is 9. The van der Waals surface area contributed by atoms with E-state index in [-0.39, 0.29) is 30.7 Å². The summed E-state index contributed by atoms with van der Waals surface area (Å²) < 4.78 is 59.5. The zero-order chi connectivity index (χ0) is 24.2. The highest BCUT2D eigenvalue weighted by molar-refractivity contribution is 7.93. The zero-order valence-electron chi connectivity index (χ0n) is 18.6. The van der Waals surface area contributed by atoms with E-state index < -0.39 is 58.3 Å². The number of halogens is 1. The van der Waals surface area contributed by atoms with E-state index in [0.29, 0.717) is 18.4 Å². The summed E-state index contributed by atoms with van der Waals surface area (Å²) in [6, 6.07) is 3.81. The first kappa shape index (κ1) is 25.6. The summed E-state index contributed by atoms with van der Waals surface area (Å²) >= 11 is 0. The van der Waals surface area contributed by atoms with Crippen molar-refractivity contribution < 1.29 is 42.0 Å². The Bertz CT molecular complexity index is 984. The maximum Gasteiger partial charge on any atom is 0.335 e. The first-order valence-corrected chi connectivity index (χ1v) is 12.5. The molecule has 3 rings (SSSR count). The van der Waals surface area contributed by atoms with Crippen LogP contribution in [-0.2, 0) is 35.4 Å². The van der Waals surface area contributed by atoms with Crippen LogP contribution in [0.25, 0.3) is 0 Å². The fraction of sp³-hybridized carbons (Fsp3) is 0.591. The maximum atomic E-state index is 13.7. The molecule has 184 valence electrons. The van der Waals surface area contributed by atoms with Gasteiger partial charge in [-0.15, -0.1) is 0 Å². The Kier molecular flexibility index (Phi) is 8.12. The molecule has 11 heteroatoms. The molecular weight excluding hydrogens is 457 g/mol. The average Bonchev–Trinajstić information content (AvgIpc) is 3.12. The van der Waals surface area contributed by atoms with E-state index in [1.54, 1.807) is 6.92 Å². The molecule has 33 heavy (non-hydrogen) atoms. The lowest BCUT2D eigenvalue weighted by atomic mass is 9.94. The van der Waals surface area contributed by atoms with Crippen molar-refractivity contribution in [1.29, 1.82) is 0 Å². The molecule has 1 heterocycles. The molecule has 0 amide bonds. The second-order valence-electron chi connectivity index (χ2n) is 8.04. The first-order valence-electron chi connectivity index (χ1n) is 11.0. The molecule has 1 aromatic carbocycles. The van der Waals surface area contributed by atoms with Crippen molar-refractivity contribution in [2.24, 2.45) is 0 Å². The van der Waals surface area contributed by atoms with E-state index in [2.05, 4.69) is 4.72 Å². The molecule has 0 bridgehead atoms. The molecule has 1 spiro atoms. The first-order chi connectivity index (χ1) is 15.7. The van der Waals surface area contributed by atoms with Gasteiger partial charge in [-0.2, -0.15) is 0 Å². The lowest BCUT2D eigenvalue weighted by Gasteiger charge is -2.33. The number of aryl methyl sites for hydroxylation is 1. The van der Waals surface area contributed by atoms with Gasteiger partial charge in [0.15, 0.2) is 5.79 Å². The zero-order valence-corrected chi connectivity index (χ0v) is 19.4. The standard InChI is InChI=1S/C22H30FNO8S/c1-3-5-14-10-15(23)6-7-17(14)24-33(28,29)20-8-9-22(11-16(20)21(27)30-4-2)31-18(12-25)19(13-26)32-22/h6-7,10-11,18-20,24-26H,3-5,8-9,12-13H2,1-2H3. The van der Waals surface area contributed by atoms with Crippen molar-refractivity contribution in [2.45, 2.75) is 62.8 Å². The van der Waals surface area contributed by atoms with Gasteiger partial charge in [0.05, 0.1) is 31.1 Å². The largest absolute Gasteiger partial charge is 0.463 e. The van der Waals surface area contributed by atoms with Crippen LogP contribution >= 0.6 is 0 Å². The van der Waals surface area contributed by atoms with Crippen LogP contribution in [-0.4, -0.2) is 67.7 Å². The van der Waals surface area contributed by atoms with Gasteiger partial charge in [-0.05, 0) is 49.6 Å². The molecule has 3 N–H and O–H groups in total. The minimum absolute atomic E-state index is 0.0300. The number of hydrogen-bond donors (Lipinski definition) is 3. The van der Waals surface area contributed by atoms with Crippen molar-refractivity contribution in [1.82, 2.24) is 0 Å². The van der Waals surface area contributed by atoms with E-state index in [0.717, 1.165) is 0 Å². The number of ether oxygens (including phenoxy) is 3. The molecular formula is C22H30FNO8S. The summed E-state index contributed by atoms with van der Waals surface area (Å²) in [5, 5.41) is 17.8. The SMILES string of the molecule is CCCc1cc(F)ccc1NS(=O)(=O)C1CCC2(C=C1C(=O)OCC)OC(CO)C(CO)O2. The average molecular weight is 488 g/mol. The Morgan fingerprint density at radius 3 is 2.48 bits per heavy atom. The van der Waals surface area contributed by atoms with Crippen molar-refractivity contribution >= 4 is 21.7 Å². The van der Waals surface area contributed by atoms with Crippen molar-refractivity contribution in [3.05, 3.63) is 41.2 Å². The molecule has 0 saturated carbocycles. The van der Waals surface area contributed by atoms with Crippen LogP contribution in [0.2, 0.25) is 0 Å². The van der Waals surface area contributed by atoms with Crippen molar-refractivity contribution in [3.8, 4) is 0 Å². The smallest absolute Gasteiger partial charge is 0.335 e. The van der Waals surface area contributed by atoms with Crippen molar-refractivity contribution in [3.63, 3.8) is 0 Å². The third-order valence-corrected chi connectivity index (χ3v) is 7.42. The predicted molar refractivity (Wildman–Crippen MR) is 117 cm³/mol. The summed E-state index contributed by atoms with van der Waals surface area (Å²) in [5.41, 5.74) is 0.592. The molecule has 1 fully saturated rings. The molecule has 1 aliphatic heterocycles. The molecule has 3 atom stereocenters. The van der Waals surface area contributed by atoms with Gasteiger partial charge in [-0.1, -0.05) is 13.3 Å². The van der Waals surface area contributed by atoms with Gasteiger partial charge in [0.1, 0.15) is 23.3 Å². The Labute approximate surface area is 192 Å². The van der Waals surface area contributed by atoms with E-state index in [9.17, 15) is 27.8 Å². The monoisotopic (exact) mass is 487 g/mol. The van der Waals surface area contributed by atoms with Crippen LogP contribution in [0.15, 0.2) is 29.8 Å². The van der Waals surface area contributed by atoms with Crippen LogP contribution in [0.1, 0.15) is 38.7 Å². The number of anilines is 1. The second-order valence-corrected chi connectivity index (χ2v) is 9.90. The Morgan fingerprint density at radius 1 is 1.24 bits per heavy atom. The quantitative estimate of drug-likeness (QED) is 0.448. The lowest BCUT2D eigenvalue weighted by Crippen LogP contribution is -2.43. The molecule has 0 aromatic heterocycles. The highest BCUT2D eigenvalue weighted by Gasteiger charge is 2.51. The highest BCUT2D eigenvalue weighted by Crippen LogP contribution is 2.41. The second kappa shape index (κ2) is 10.5. The number of carbonyl (C=O) groups is 1. The number of benzene rings is 1. The summed E-state index contributed by atoms with van der Waals surface area (Å²) in [6.45, 7) is 2.70. The van der Waals surface area contributed by atoms with Crippen LogP contribution < -0.4 is 4.72 Å². The molecule has 1 aromatic rings. The van der Waals surface area contributed by atoms with Gasteiger partial charge >= 0.3 is 5.97 Å². The number of aliphatic hydroxyl groups is 2. The number of aliphatic hydroxyl groups excluding tert-OH is 2. The topological polar surface area (TPSA) is 131 Å². The van der Waals surface area contributed by atoms with Gasteiger partial charge in [0.25, 0.3) is 0 Å². The van der Waals surface area contributed by atoms with Gasteiger partial charge in [0.2, 0.25) is 10.0 Å². The third kappa shape index (κ3) is 5.55. The predicted octanol–water partition coefficient (Wildman–Crippen LogP) is 1.64. The molecule has 3 unspecified atom stereocenters. The van der Waals surface area contributed by atoms with Gasteiger partial charge < -0.3 is 24.4 Å². The molecule has 9 nitrogen and oxygen atoms in total. The summed E-state index contributed by atoms with van der Waals surface area (Å²) in [6.07, 6.45) is 0.810. The normalized spacial score (nSPS) is 27.4. The fourth-order valence-corrected chi connectivity index (χ4v) is 5.74. The lowest BCUT2D eigenvalue weighted by molar-refractivity contribution is -0.154. The van der Waals surface area contributed by atoms with Crippen LogP contribution in [0.5, 0.6) is 0 Å². The van der Waals surface area contributed by atoms with Gasteiger partial charge in [-0.25, -0.2) is 17.6 Å². The van der Waals surface area contributed by atoms with Crippen molar-refractivity contribution in [2.75, 3.05) is 24.5 Å². The van der Waals surface area contributed by atoms with Crippen LogP contribution in [0.3, 0.4) is 0 Å².